The maximum atomic E-state index is 8.88. The van der Waals surface area contributed by atoms with Crippen LogP contribution in [0.3, 0.4) is 0 Å². The quantitative estimate of drug-likeness (QED) is 0.839. The van der Waals surface area contributed by atoms with Crippen LogP contribution in [0.4, 0.5) is 5.69 Å². The summed E-state index contributed by atoms with van der Waals surface area (Å²) in [5, 5.41) is 8.88. The van der Waals surface area contributed by atoms with E-state index >= 15 is 0 Å². The molecule has 0 N–H and O–H groups in total. The minimum absolute atomic E-state index is 0.671. The van der Waals surface area contributed by atoms with E-state index in [9.17, 15) is 0 Å². The van der Waals surface area contributed by atoms with Crippen LogP contribution in [-0.2, 0) is 0 Å². The van der Waals surface area contributed by atoms with E-state index in [1.54, 1.807) is 0 Å². The van der Waals surface area contributed by atoms with E-state index < -0.39 is 0 Å². The number of benzene rings is 1. The van der Waals surface area contributed by atoms with Gasteiger partial charge in [-0.15, -0.1) is 0 Å². The minimum Gasteiger partial charge on any atom is -0.368 e. The third kappa shape index (κ3) is 2.63. The van der Waals surface area contributed by atoms with Gasteiger partial charge in [0.2, 0.25) is 0 Å². The van der Waals surface area contributed by atoms with Gasteiger partial charge in [0.25, 0.3) is 0 Å². The lowest BCUT2D eigenvalue weighted by Crippen LogP contribution is -2.33. The second-order valence-electron chi connectivity index (χ2n) is 4.50. The summed E-state index contributed by atoms with van der Waals surface area (Å²) in [6.07, 6.45) is 5.27. The van der Waals surface area contributed by atoms with Crippen LogP contribution in [0, 0.1) is 11.3 Å². The Morgan fingerprint density at radius 1 is 1.41 bits per heavy atom. The zero-order valence-electron chi connectivity index (χ0n) is 10.1. The fourth-order valence-electron chi connectivity index (χ4n) is 2.65. The normalized spacial score (nSPS) is 15.8. The molecule has 1 aromatic carbocycles. The maximum absolute atomic E-state index is 8.88. The van der Waals surface area contributed by atoms with E-state index in [1.165, 1.54) is 31.4 Å². The fraction of sp³-hybridized carbons (Fsp3) is 0.500. The molecule has 0 heterocycles. The summed E-state index contributed by atoms with van der Waals surface area (Å²) >= 11 is 3.58. The topological polar surface area (TPSA) is 27.0 Å². The molecule has 3 heteroatoms. The van der Waals surface area contributed by atoms with E-state index in [1.807, 2.05) is 12.1 Å². The van der Waals surface area contributed by atoms with Crippen molar-refractivity contribution < 1.29 is 0 Å². The number of nitrogens with zero attached hydrogens (tertiary/aromatic N) is 2. The molecular formula is C14H17BrN2. The number of rotatable bonds is 3. The highest BCUT2D eigenvalue weighted by Gasteiger charge is 2.22. The molecule has 1 aromatic rings. The molecule has 0 radical (unpaired) electrons. The summed E-state index contributed by atoms with van der Waals surface area (Å²) < 4.78 is 1.03. The van der Waals surface area contributed by atoms with Crippen LogP contribution < -0.4 is 4.90 Å². The molecule has 0 atom stereocenters. The van der Waals surface area contributed by atoms with E-state index in [2.05, 4.69) is 39.9 Å². The van der Waals surface area contributed by atoms with E-state index in [0.29, 0.717) is 11.6 Å². The van der Waals surface area contributed by atoms with Crippen molar-refractivity contribution in [2.75, 3.05) is 11.4 Å². The molecule has 1 fully saturated rings. The average molecular weight is 293 g/mol. The highest BCUT2D eigenvalue weighted by Crippen LogP contribution is 2.33. The molecule has 1 saturated carbocycles. The van der Waals surface area contributed by atoms with Gasteiger partial charge in [-0.3, -0.25) is 0 Å². The smallest absolute Gasteiger partial charge is 0.0992 e. The first kappa shape index (κ1) is 12.4. The average Bonchev–Trinajstić information content (AvgIpc) is 2.85. The molecular weight excluding hydrogens is 276 g/mol. The molecule has 1 aliphatic rings. The second kappa shape index (κ2) is 5.55. The first-order valence-corrected chi connectivity index (χ1v) is 7.02. The highest BCUT2D eigenvalue weighted by molar-refractivity contribution is 9.10. The van der Waals surface area contributed by atoms with Gasteiger partial charge in [-0.05, 0) is 53.9 Å². The summed E-state index contributed by atoms with van der Waals surface area (Å²) in [6, 6.07) is 8.71. The lowest BCUT2D eigenvalue weighted by molar-refractivity contribution is 0.619. The van der Waals surface area contributed by atoms with Gasteiger partial charge in [0.05, 0.1) is 17.3 Å². The molecule has 0 aromatic heterocycles. The van der Waals surface area contributed by atoms with Gasteiger partial charge in [0.1, 0.15) is 0 Å². The first-order valence-electron chi connectivity index (χ1n) is 6.22. The van der Waals surface area contributed by atoms with E-state index in [-0.39, 0.29) is 0 Å². The maximum Gasteiger partial charge on any atom is 0.0992 e. The van der Waals surface area contributed by atoms with Crippen LogP contribution in [0.2, 0.25) is 0 Å². The van der Waals surface area contributed by atoms with Crippen LogP contribution in [0.5, 0.6) is 0 Å². The Labute approximate surface area is 111 Å². The molecule has 90 valence electrons. The zero-order chi connectivity index (χ0) is 12.3. The number of halogens is 1. The van der Waals surface area contributed by atoms with Crippen LogP contribution in [0.15, 0.2) is 22.7 Å². The summed E-state index contributed by atoms with van der Waals surface area (Å²) in [5.74, 6) is 0. The lowest BCUT2D eigenvalue weighted by Gasteiger charge is -2.30. The highest BCUT2D eigenvalue weighted by atomic mass is 79.9. The van der Waals surface area contributed by atoms with Crippen molar-refractivity contribution >= 4 is 21.6 Å². The van der Waals surface area contributed by atoms with Crippen LogP contribution in [0.1, 0.15) is 38.2 Å². The first-order chi connectivity index (χ1) is 8.26. The van der Waals surface area contributed by atoms with Crippen LogP contribution in [-0.4, -0.2) is 12.6 Å². The monoisotopic (exact) mass is 292 g/mol. The van der Waals surface area contributed by atoms with E-state index in [0.717, 1.165) is 11.0 Å². The molecule has 0 amide bonds. The van der Waals surface area contributed by atoms with Gasteiger partial charge in [-0.1, -0.05) is 12.8 Å². The standard InChI is InChI=1S/C14H17BrN2/c1-2-17(12-5-3-4-6-12)14-8-7-11(10-16)9-13(14)15/h7-9,12H,2-6H2,1H3. The molecule has 0 saturated heterocycles. The number of hydrogen-bond donors (Lipinski definition) is 0. The summed E-state index contributed by atoms with van der Waals surface area (Å²) in [5.41, 5.74) is 1.93. The molecule has 1 aliphatic carbocycles. The molecule has 0 bridgehead atoms. The molecule has 2 rings (SSSR count). The largest absolute Gasteiger partial charge is 0.368 e. The van der Waals surface area contributed by atoms with Gasteiger partial charge in [0.15, 0.2) is 0 Å². The van der Waals surface area contributed by atoms with Crippen molar-refractivity contribution in [2.24, 2.45) is 0 Å². The summed E-state index contributed by atoms with van der Waals surface area (Å²) in [4.78, 5) is 2.46. The molecule has 0 aliphatic heterocycles. The number of anilines is 1. The van der Waals surface area contributed by atoms with Gasteiger partial charge in [0, 0.05) is 17.1 Å². The minimum atomic E-state index is 0.671. The fourth-order valence-corrected chi connectivity index (χ4v) is 3.26. The Hall–Kier alpha value is -1.01. The van der Waals surface area contributed by atoms with Crippen molar-refractivity contribution in [3.63, 3.8) is 0 Å². The third-order valence-corrected chi connectivity index (χ3v) is 4.13. The summed E-state index contributed by atoms with van der Waals surface area (Å²) in [6.45, 7) is 3.22. The Kier molecular flexibility index (Phi) is 4.06. The number of nitriles is 1. The Morgan fingerprint density at radius 2 is 2.12 bits per heavy atom. The van der Waals surface area contributed by atoms with Crippen molar-refractivity contribution in [2.45, 2.75) is 38.6 Å². The van der Waals surface area contributed by atoms with Crippen molar-refractivity contribution in [3.05, 3.63) is 28.2 Å². The van der Waals surface area contributed by atoms with E-state index in [4.69, 9.17) is 5.26 Å². The van der Waals surface area contributed by atoms with Gasteiger partial charge < -0.3 is 4.90 Å². The Bertz CT molecular complexity index is 430. The van der Waals surface area contributed by atoms with Crippen LogP contribution >= 0.6 is 15.9 Å². The van der Waals surface area contributed by atoms with Gasteiger partial charge in [-0.2, -0.15) is 5.26 Å². The second-order valence-corrected chi connectivity index (χ2v) is 5.36. The SMILES string of the molecule is CCN(c1ccc(C#N)cc1Br)C1CCCC1. The molecule has 2 nitrogen and oxygen atoms in total. The Balaban J connectivity index is 2.27. The van der Waals surface area contributed by atoms with Crippen molar-refractivity contribution in [1.29, 1.82) is 5.26 Å². The Morgan fingerprint density at radius 3 is 2.65 bits per heavy atom. The third-order valence-electron chi connectivity index (χ3n) is 3.49. The predicted molar refractivity (Wildman–Crippen MR) is 74.1 cm³/mol. The van der Waals surface area contributed by atoms with Crippen LogP contribution in [0.25, 0.3) is 0 Å². The molecule has 0 unspecified atom stereocenters. The van der Waals surface area contributed by atoms with Gasteiger partial charge in [-0.25, -0.2) is 0 Å². The van der Waals surface area contributed by atoms with Gasteiger partial charge >= 0.3 is 0 Å². The summed E-state index contributed by atoms with van der Waals surface area (Å²) in [7, 11) is 0. The molecule has 17 heavy (non-hydrogen) atoms. The zero-order valence-corrected chi connectivity index (χ0v) is 11.7. The van der Waals surface area contributed by atoms with Crippen molar-refractivity contribution in [1.82, 2.24) is 0 Å². The molecule has 0 spiro atoms. The van der Waals surface area contributed by atoms with Crippen molar-refractivity contribution in [3.8, 4) is 6.07 Å². The number of hydrogen-bond acceptors (Lipinski definition) is 2. The lowest BCUT2D eigenvalue weighted by atomic mass is 10.1. The predicted octanol–water partition coefficient (Wildman–Crippen LogP) is 4.09.